The first-order valence-electron chi connectivity index (χ1n) is 6.75. The summed E-state index contributed by atoms with van der Waals surface area (Å²) in [6.07, 6.45) is 4.80. The fraction of sp³-hybridized carbons (Fsp3) is 0.357. The van der Waals surface area contributed by atoms with Gasteiger partial charge in [-0.2, -0.15) is 0 Å². The predicted molar refractivity (Wildman–Crippen MR) is 72.6 cm³/mol. The van der Waals surface area contributed by atoms with E-state index >= 15 is 0 Å². The van der Waals surface area contributed by atoms with Crippen molar-refractivity contribution in [3.8, 4) is 11.5 Å². The van der Waals surface area contributed by atoms with E-state index in [0.29, 0.717) is 11.5 Å². The maximum Gasteiger partial charge on any atom is 0.265 e. The molecular weight excluding hydrogens is 256 g/mol. The first-order valence-corrected chi connectivity index (χ1v) is 6.75. The molecule has 6 heteroatoms. The van der Waals surface area contributed by atoms with Crippen LogP contribution < -0.4 is 5.43 Å². The molecule has 1 N–H and O–H groups in total. The maximum atomic E-state index is 12.1. The van der Waals surface area contributed by atoms with Gasteiger partial charge in [0, 0.05) is 24.2 Å². The molecule has 1 aromatic heterocycles. The van der Waals surface area contributed by atoms with Crippen molar-refractivity contribution in [1.82, 2.24) is 20.6 Å². The smallest absolute Gasteiger partial charge is 0.265 e. The van der Waals surface area contributed by atoms with Gasteiger partial charge in [0.05, 0.1) is 0 Å². The Hall–Kier alpha value is -2.21. The van der Waals surface area contributed by atoms with Gasteiger partial charge in [0.1, 0.15) is 0 Å². The van der Waals surface area contributed by atoms with Crippen molar-refractivity contribution in [2.75, 3.05) is 13.1 Å². The van der Waals surface area contributed by atoms with Crippen molar-refractivity contribution in [3.05, 3.63) is 36.2 Å². The molecule has 0 saturated carbocycles. The number of carbonyl (C=O) groups excluding carboxylic acids is 1. The maximum absolute atomic E-state index is 12.1. The van der Waals surface area contributed by atoms with Gasteiger partial charge in [0.15, 0.2) is 0 Å². The third kappa shape index (κ3) is 2.85. The van der Waals surface area contributed by atoms with Crippen LogP contribution in [0.3, 0.4) is 0 Å². The average Bonchev–Trinajstić information content (AvgIpc) is 3.03. The second kappa shape index (κ2) is 5.83. The van der Waals surface area contributed by atoms with Gasteiger partial charge in [-0.3, -0.25) is 10.2 Å². The third-order valence-electron chi connectivity index (χ3n) is 3.37. The second-order valence-electron chi connectivity index (χ2n) is 4.81. The molecule has 1 fully saturated rings. The number of benzene rings is 1. The molecule has 1 amide bonds. The van der Waals surface area contributed by atoms with E-state index in [1.165, 1.54) is 12.8 Å². The molecule has 1 aromatic carbocycles. The van der Waals surface area contributed by atoms with Crippen LogP contribution in [0.2, 0.25) is 0 Å². The van der Waals surface area contributed by atoms with Crippen LogP contribution in [0.4, 0.5) is 0 Å². The highest BCUT2D eigenvalue weighted by atomic mass is 16.4. The van der Waals surface area contributed by atoms with Crippen molar-refractivity contribution in [2.45, 2.75) is 19.3 Å². The van der Waals surface area contributed by atoms with Gasteiger partial charge >= 0.3 is 0 Å². The molecule has 2 aromatic rings. The minimum Gasteiger partial charge on any atom is -0.423 e. The summed E-state index contributed by atoms with van der Waals surface area (Å²) in [5.41, 5.74) is 4.36. The molecule has 0 aliphatic carbocycles. The summed E-state index contributed by atoms with van der Waals surface area (Å²) in [4.78, 5) is 12.1. The van der Waals surface area contributed by atoms with E-state index in [1.807, 2.05) is 5.01 Å². The highest BCUT2D eigenvalue weighted by Crippen LogP contribution is 2.16. The van der Waals surface area contributed by atoms with Gasteiger partial charge in [-0.25, -0.2) is 5.01 Å². The number of nitrogens with zero attached hydrogens (tertiary/aromatic N) is 3. The average molecular weight is 272 g/mol. The summed E-state index contributed by atoms with van der Waals surface area (Å²) in [6.45, 7) is 1.84. The van der Waals surface area contributed by atoms with Crippen LogP contribution in [0.15, 0.2) is 35.1 Å². The number of piperidine rings is 1. The molecule has 2 heterocycles. The van der Waals surface area contributed by atoms with E-state index in [-0.39, 0.29) is 5.91 Å². The monoisotopic (exact) mass is 272 g/mol. The van der Waals surface area contributed by atoms with Crippen LogP contribution in [0.25, 0.3) is 11.5 Å². The lowest BCUT2D eigenvalue weighted by Crippen LogP contribution is -2.45. The summed E-state index contributed by atoms with van der Waals surface area (Å²) in [6, 6.07) is 7.13. The van der Waals surface area contributed by atoms with Crippen LogP contribution in [-0.2, 0) is 0 Å². The molecule has 1 saturated heterocycles. The number of hydrogen-bond donors (Lipinski definition) is 1. The van der Waals surface area contributed by atoms with Crippen molar-refractivity contribution < 1.29 is 9.21 Å². The van der Waals surface area contributed by atoms with Crippen molar-refractivity contribution in [2.24, 2.45) is 0 Å². The summed E-state index contributed by atoms with van der Waals surface area (Å²) < 4.78 is 5.11. The molecule has 1 aliphatic rings. The third-order valence-corrected chi connectivity index (χ3v) is 3.37. The number of amides is 1. The zero-order valence-corrected chi connectivity index (χ0v) is 11.1. The lowest BCUT2D eigenvalue weighted by Gasteiger charge is -2.26. The highest BCUT2D eigenvalue weighted by molar-refractivity contribution is 5.94. The Morgan fingerprint density at radius 3 is 2.55 bits per heavy atom. The number of aromatic nitrogens is 2. The summed E-state index contributed by atoms with van der Waals surface area (Å²) >= 11 is 0. The molecule has 20 heavy (non-hydrogen) atoms. The number of hydrogen-bond acceptors (Lipinski definition) is 5. The molecule has 0 unspecified atom stereocenters. The largest absolute Gasteiger partial charge is 0.423 e. The molecule has 0 bridgehead atoms. The Labute approximate surface area is 116 Å². The van der Waals surface area contributed by atoms with E-state index in [4.69, 9.17) is 4.42 Å². The quantitative estimate of drug-likeness (QED) is 0.923. The van der Waals surface area contributed by atoms with Gasteiger partial charge in [0.2, 0.25) is 12.3 Å². The van der Waals surface area contributed by atoms with Crippen molar-refractivity contribution >= 4 is 5.91 Å². The first kappa shape index (κ1) is 12.8. The predicted octanol–water partition coefficient (Wildman–Crippen LogP) is 1.87. The Morgan fingerprint density at radius 2 is 1.90 bits per heavy atom. The summed E-state index contributed by atoms with van der Waals surface area (Å²) in [5, 5.41) is 9.44. The van der Waals surface area contributed by atoms with Gasteiger partial charge in [-0.15, -0.1) is 10.2 Å². The van der Waals surface area contributed by atoms with Gasteiger partial charge in [-0.1, -0.05) is 6.42 Å². The molecule has 0 radical (unpaired) electrons. The van der Waals surface area contributed by atoms with Crippen LogP contribution in [0.5, 0.6) is 0 Å². The Morgan fingerprint density at radius 1 is 1.15 bits per heavy atom. The highest BCUT2D eigenvalue weighted by Gasteiger charge is 2.14. The zero-order valence-electron chi connectivity index (χ0n) is 11.1. The zero-order chi connectivity index (χ0) is 13.8. The van der Waals surface area contributed by atoms with E-state index < -0.39 is 0 Å². The first-order chi connectivity index (χ1) is 9.83. The number of nitrogens with one attached hydrogen (secondary N) is 1. The fourth-order valence-corrected chi connectivity index (χ4v) is 2.28. The van der Waals surface area contributed by atoms with E-state index in [0.717, 1.165) is 31.5 Å². The molecular formula is C14H16N4O2. The van der Waals surface area contributed by atoms with Crippen LogP contribution >= 0.6 is 0 Å². The van der Waals surface area contributed by atoms with Crippen LogP contribution in [0.1, 0.15) is 29.6 Å². The number of hydrazine groups is 1. The molecule has 1 aliphatic heterocycles. The summed E-state index contributed by atoms with van der Waals surface area (Å²) in [5.74, 6) is 0.372. The van der Waals surface area contributed by atoms with E-state index in [2.05, 4.69) is 15.6 Å². The van der Waals surface area contributed by atoms with Gasteiger partial charge in [0.25, 0.3) is 5.91 Å². The van der Waals surface area contributed by atoms with Crippen LogP contribution in [-0.4, -0.2) is 34.2 Å². The standard InChI is InChI=1S/C14H16N4O2/c19-13(17-18-8-2-1-3-9-18)11-4-6-12(7-5-11)14-16-15-10-20-14/h4-7,10H,1-3,8-9H2,(H,17,19). The lowest BCUT2D eigenvalue weighted by atomic mass is 10.1. The Balaban J connectivity index is 1.66. The lowest BCUT2D eigenvalue weighted by molar-refractivity contribution is 0.0750. The molecule has 0 atom stereocenters. The molecule has 6 nitrogen and oxygen atoms in total. The fourth-order valence-electron chi connectivity index (χ4n) is 2.28. The van der Waals surface area contributed by atoms with Crippen molar-refractivity contribution in [3.63, 3.8) is 0 Å². The van der Waals surface area contributed by atoms with Crippen LogP contribution in [0, 0.1) is 0 Å². The molecule has 104 valence electrons. The van der Waals surface area contributed by atoms with Crippen molar-refractivity contribution in [1.29, 1.82) is 0 Å². The second-order valence-corrected chi connectivity index (χ2v) is 4.81. The summed E-state index contributed by atoms with van der Waals surface area (Å²) in [7, 11) is 0. The normalized spacial score (nSPS) is 16.0. The van der Waals surface area contributed by atoms with E-state index in [1.54, 1.807) is 24.3 Å². The topological polar surface area (TPSA) is 71.3 Å². The minimum absolute atomic E-state index is 0.0796. The SMILES string of the molecule is O=C(NN1CCCCC1)c1ccc(-c2nnco2)cc1. The molecule has 3 rings (SSSR count). The molecule has 0 spiro atoms. The number of carbonyl (C=O) groups is 1. The number of rotatable bonds is 3. The Kier molecular flexibility index (Phi) is 3.73. The van der Waals surface area contributed by atoms with Gasteiger partial charge in [-0.05, 0) is 37.1 Å². The minimum atomic E-state index is -0.0796. The van der Waals surface area contributed by atoms with Gasteiger partial charge < -0.3 is 4.42 Å². The van der Waals surface area contributed by atoms with E-state index in [9.17, 15) is 4.79 Å². The Bertz CT molecular complexity index is 559.